The zero-order valence-electron chi connectivity index (χ0n) is 15.1. The van der Waals surface area contributed by atoms with E-state index in [0.717, 1.165) is 55.4 Å². The quantitative estimate of drug-likeness (QED) is 0.772. The molecule has 26 heavy (non-hydrogen) atoms. The summed E-state index contributed by atoms with van der Waals surface area (Å²) in [4.78, 5) is 2.39. The second kappa shape index (κ2) is 8.19. The molecule has 0 unspecified atom stereocenters. The first-order valence-electron chi connectivity index (χ1n) is 9.80. The van der Waals surface area contributed by atoms with Crippen LogP contribution in [0.15, 0.2) is 24.3 Å². The Bertz CT molecular complexity index is 620. The molecule has 6 heteroatoms. The van der Waals surface area contributed by atoms with Crippen LogP contribution in [0.4, 0.5) is 4.39 Å². The van der Waals surface area contributed by atoms with E-state index in [1.54, 1.807) is 0 Å². The van der Waals surface area contributed by atoms with Gasteiger partial charge in [-0.3, -0.25) is 4.90 Å². The zero-order chi connectivity index (χ0) is 17.9. The van der Waals surface area contributed by atoms with Gasteiger partial charge in [0.1, 0.15) is 5.82 Å². The first-order chi connectivity index (χ1) is 12.7. The van der Waals surface area contributed by atoms with Gasteiger partial charge in [0.25, 0.3) is 0 Å². The molecule has 142 valence electrons. The summed E-state index contributed by atoms with van der Waals surface area (Å²) in [6, 6.07) is 7.54. The summed E-state index contributed by atoms with van der Waals surface area (Å²) in [7, 11) is 0. The third kappa shape index (κ3) is 4.18. The van der Waals surface area contributed by atoms with Crippen molar-refractivity contribution in [1.29, 1.82) is 0 Å². The Balaban J connectivity index is 1.36. The van der Waals surface area contributed by atoms with Crippen molar-refractivity contribution >= 4 is 17.3 Å². The molecule has 4 nitrogen and oxygen atoms in total. The van der Waals surface area contributed by atoms with Crippen LogP contribution in [0.2, 0.25) is 0 Å². The lowest BCUT2D eigenvalue weighted by Crippen LogP contribution is -2.48. The number of hydrogen-bond donors (Lipinski definition) is 2. The van der Waals surface area contributed by atoms with E-state index < -0.39 is 0 Å². The zero-order valence-corrected chi connectivity index (χ0v) is 15.9. The minimum Gasteiger partial charge on any atom is -0.379 e. The molecule has 0 aromatic heterocycles. The van der Waals surface area contributed by atoms with E-state index in [2.05, 4.69) is 15.5 Å². The number of benzene rings is 1. The van der Waals surface area contributed by atoms with Crippen LogP contribution in [0.5, 0.6) is 0 Å². The van der Waals surface area contributed by atoms with Crippen molar-refractivity contribution in [1.82, 2.24) is 15.5 Å². The van der Waals surface area contributed by atoms with Crippen LogP contribution >= 0.6 is 12.2 Å². The SMILES string of the molecule is Fc1ccc([C@@H](CNC(=S)N[C@@H]2C[C@H]3CC[C@H]2C3)N2CCOCC2)cc1. The minimum atomic E-state index is -0.198. The van der Waals surface area contributed by atoms with Gasteiger partial charge in [-0.1, -0.05) is 18.6 Å². The summed E-state index contributed by atoms with van der Waals surface area (Å²) in [6.45, 7) is 3.97. The van der Waals surface area contributed by atoms with Crippen molar-refractivity contribution in [3.63, 3.8) is 0 Å². The standard InChI is InChI=1S/C20H28FN3OS/c21-17-5-3-15(4-6-17)19(24-7-9-25-10-8-24)13-22-20(26)23-18-12-14-1-2-16(18)11-14/h3-6,14,16,18-19H,1-2,7-13H2,(H2,22,23,26)/t14-,16-,18+,19+/m0/s1. The molecule has 4 atom stereocenters. The van der Waals surface area contributed by atoms with Crippen LogP contribution in [-0.4, -0.2) is 48.9 Å². The Labute approximate surface area is 160 Å². The van der Waals surface area contributed by atoms with Gasteiger partial charge in [0, 0.05) is 25.7 Å². The van der Waals surface area contributed by atoms with Gasteiger partial charge in [-0.2, -0.15) is 0 Å². The molecule has 1 heterocycles. The number of nitrogens with zero attached hydrogens (tertiary/aromatic N) is 1. The summed E-state index contributed by atoms with van der Waals surface area (Å²) in [5.41, 5.74) is 1.11. The summed E-state index contributed by atoms with van der Waals surface area (Å²) < 4.78 is 18.8. The minimum absolute atomic E-state index is 0.166. The van der Waals surface area contributed by atoms with E-state index in [0.29, 0.717) is 6.04 Å². The number of ether oxygens (including phenoxy) is 1. The fourth-order valence-electron chi connectivity index (χ4n) is 4.86. The molecule has 2 N–H and O–H groups in total. The maximum absolute atomic E-state index is 13.3. The van der Waals surface area contributed by atoms with Gasteiger partial charge < -0.3 is 15.4 Å². The number of morpholine rings is 1. The van der Waals surface area contributed by atoms with E-state index in [9.17, 15) is 4.39 Å². The normalized spacial score (nSPS) is 29.5. The number of thiocarbonyl (C=S) groups is 1. The molecule has 2 saturated carbocycles. The molecule has 1 aliphatic heterocycles. The van der Waals surface area contributed by atoms with Crippen LogP contribution in [0, 0.1) is 17.7 Å². The summed E-state index contributed by atoms with van der Waals surface area (Å²) in [5, 5.41) is 7.72. The van der Waals surface area contributed by atoms with Gasteiger partial charge in [0.15, 0.2) is 5.11 Å². The fourth-order valence-corrected chi connectivity index (χ4v) is 5.10. The van der Waals surface area contributed by atoms with Gasteiger partial charge >= 0.3 is 0 Å². The van der Waals surface area contributed by atoms with Crippen LogP contribution in [0.1, 0.15) is 37.3 Å². The second-order valence-corrected chi connectivity index (χ2v) is 8.26. The number of hydrogen-bond acceptors (Lipinski definition) is 3. The largest absolute Gasteiger partial charge is 0.379 e. The molecule has 4 rings (SSSR count). The van der Waals surface area contributed by atoms with E-state index >= 15 is 0 Å². The third-order valence-electron chi connectivity index (χ3n) is 6.25. The first-order valence-corrected chi connectivity index (χ1v) is 10.2. The lowest BCUT2D eigenvalue weighted by atomic mass is 9.95. The van der Waals surface area contributed by atoms with Crippen LogP contribution in [0.3, 0.4) is 0 Å². The molecule has 0 spiro atoms. The van der Waals surface area contributed by atoms with Crippen LogP contribution in [-0.2, 0) is 4.74 Å². The van der Waals surface area contributed by atoms with E-state index in [4.69, 9.17) is 17.0 Å². The first kappa shape index (κ1) is 18.1. The molecule has 1 saturated heterocycles. The van der Waals surface area contributed by atoms with Crippen molar-refractivity contribution in [2.45, 2.75) is 37.8 Å². The van der Waals surface area contributed by atoms with Gasteiger partial charge in [0.05, 0.1) is 19.3 Å². The summed E-state index contributed by atoms with van der Waals surface area (Å²) in [6.07, 6.45) is 5.37. The summed E-state index contributed by atoms with van der Waals surface area (Å²) in [5.74, 6) is 1.50. The molecule has 2 bridgehead atoms. The maximum Gasteiger partial charge on any atom is 0.166 e. The Morgan fingerprint density at radius 3 is 2.62 bits per heavy atom. The predicted octanol–water partition coefficient (Wildman–Crippen LogP) is 2.85. The molecule has 0 amide bonds. The lowest BCUT2D eigenvalue weighted by Gasteiger charge is -2.35. The molecular formula is C20H28FN3OS. The molecule has 1 aromatic carbocycles. The number of rotatable bonds is 5. The smallest absolute Gasteiger partial charge is 0.166 e. The van der Waals surface area contributed by atoms with Crippen molar-refractivity contribution in [2.75, 3.05) is 32.8 Å². The number of halogens is 1. The third-order valence-corrected chi connectivity index (χ3v) is 6.51. The van der Waals surface area contributed by atoms with Gasteiger partial charge in [0.2, 0.25) is 0 Å². The Hall–Kier alpha value is -1.24. The number of fused-ring (bicyclic) bond motifs is 2. The Kier molecular flexibility index (Phi) is 5.72. The number of nitrogens with one attached hydrogen (secondary N) is 2. The highest BCUT2D eigenvalue weighted by Gasteiger charge is 2.39. The highest BCUT2D eigenvalue weighted by molar-refractivity contribution is 7.80. The Morgan fingerprint density at radius 2 is 1.96 bits per heavy atom. The van der Waals surface area contributed by atoms with Crippen molar-refractivity contribution in [3.8, 4) is 0 Å². The predicted molar refractivity (Wildman–Crippen MR) is 105 cm³/mol. The summed E-state index contributed by atoms with van der Waals surface area (Å²) >= 11 is 5.57. The molecule has 2 aliphatic carbocycles. The van der Waals surface area contributed by atoms with Crippen LogP contribution in [0.25, 0.3) is 0 Å². The van der Waals surface area contributed by atoms with E-state index in [1.165, 1.54) is 37.8 Å². The van der Waals surface area contributed by atoms with Crippen molar-refractivity contribution in [2.24, 2.45) is 11.8 Å². The lowest BCUT2D eigenvalue weighted by molar-refractivity contribution is 0.0170. The highest BCUT2D eigenvalue weighted by Crippen LogP contribution is 2.44. The van der Waals surface area contributed by atoms with Gasteiger partial charge in [-0.05, 0) is 61.0 Å². The van der Waals surface area contributed by atoms with Crippen LogP contribution < -0.4 is 10.6 Å². The average molecular weight is 378 g/mol. The second-order valence-electron chi connectivity index (χ2n) is 7.85. The van der Waals surface area contributed by atoms with Gasteiger partial charge in [-0.15, -0.1) is 0 Å². The molecular weight excluding hydrogens is 349 g/mol. The average Bonchev–Trinajstić information content (AvgIpc) is 3.27. The fraction of sp³-hybridized carbons (Fsp3) is 0.650. The van der Waals surface area contributed by atoms with Crippen molar-refractivity contribution < 1.29 is 9.13 Å². The van der Waals surface area contributed by atoms with Crippen molar-refractivity contribution in [3.05, 3.63) is 35.6 Å². The maximum atomic E-state index is 13.3. The highest BCUT2D eigenvalue weighted by atomic mass is 32.1. The molecule has 0 radical (unpaired) electrons. The van der Waals surface area contributed by atoms with E-state index in [1.807, 2.05) is 12.1 Å². The Morgan fingerprint density at radius 1 is 1.19 bits per heavy atom. The van der Waals surface area contributed by atoms with E-state index in [-0.39, 0.29) is 11.9 Å². The molecule has 3 aliphatic rings. The topological polar surface area (TPSA) is 36.5 Å². The molecule has 3 fully saturated rings. The van der Waals surface area contributed by atoms with Gasteiger partial charge in [-0.25, -0.2) is 4.39 Å². The monoisotopic (exact) mass is 377 g/mol. The molecule has 1 aromatic rings.